The van der Waals surface area contributed by atoms with Gasteiger partial charge in [0, 0.05) is 19.4 Å². The van der Waals surface area contributed by atoms with Crippen LogP contribution in [-0.4, -0.2) is 54.0 Å². The molecule has 0 fully saturated rings. The molecule has 0 bridgehead atoms. The summed E-state index contributed by atoms with van der Waals surface area (Å²) in [6.07, 6.45) is 3.83. The Morgan fingerprint density at radius 2 is 1.40 bits per heavy atom. The van der Waals surface area contributed by atoms with Gasteiger partial charge < -0.3 is 29.4 Å². The fraction of sp³-hybridized carbons (Fsp3) is 0.667. The standard InChI is InChI=1S/C30H47NO9/c1-7-9-11-13-27(32)39-25-16-15-23(18-26(25)40-28(33)14-12-10-8-2)17-24(29(34)35)31-19-21(5)37-30(36)38-22(6)20(3)4/h15-16,18,20-22,24,31H,7-14,17,19H2,1-6H3,(H,34,35)/t21?,22?,24-/m0/s1. The first-order valence-corrected chi connectivity index (χ1v) is 14.3. The third kappa shape index (κ3) is 14.3. The lowest BCUT2D eigenvalue weighted by molar-refractivity contribution is -0.139. The minimum Gasteiger partial charge on any atom is -0.480 e. The van der Waals surface area contributed by atoms with E-state index in [1.54, 1.807) is 19.9 Å². The van der Waals surface area contributed by atoms with Gasteiger partial charge in [0.25, 0.3) is 0 Å². The van der Waals surface area contributed by atoms with E-state index in [0.717, 1.165) is 25.7 Å². The number of unbranched alkanes of at least 4 members (excludes halogenated alkanes) is 4. The van der Waals surface area contributed by atoms with Crippen LogP contribution in [0, 0.1) is 5.92 Å². The van der Waals surface area contributed by atoms with Crippen LogP contribution >= 0.6 is 0 Å². The molecule has 40 heavy (non-hydrogen) atoms. The van der Waals surface area contributed by atoms with Crippen LogP contribution < -0.4 is 14.8 Å². The summed E-state index contributed by atoms with van der Waals surface area (Å²) in [6.45, 7) is 11.4. The number of benzene rings is 1. The van der Waals surface area contributed by atoms with Crippen molar-refractivity contribution in [3.63, 3.8) is 0 Å². The predicted molar refractivity (Wildman–Crippen MR) is 150 cm³/mol. The summed E-state index contributed by atoms with van der Waals surface area (Å²) in [6, 6.07) is 3.64. The van der Waals surface area contributed by atoms with E-state index < -0.39 is 36.2 Å². The normalized spacial score (nSPS) is 13.3. The zero-order chi connectivity index (χ0) is 30.1. The van der Waals surface area contributed by atoms with Crippen molar-refractivity contribution >= 4 is 24.1 Å². The van der Waals surface area contributed by atoms with Crippen LogP contribution in [0.3, 0.4) is 0 Å². The Kier molecular flexibility index (Phi) is 16.6. The van der Waals surface area contributed by atoms with Crippen LogP contribution in [0.5, 0.6) is 11.5 Å². The predicted octanol–water partition coefficient (Wildman–Crippen LogP) is 5.83. The van der Waals surface area contributed by atoms with Crippen LogP contribution in [0.4, 0.5) is 4.79 Å². The number of rotatable bonds is 19. The van der Waals surface area contributed by atoms with Gasteiger partial charge >= 0.3 is 24.1 Å². The van der Waals surface area contributed by atoms with E-state index in [9.17, 15) is 24.3 Å². The number of carboxylic acids is 1. The SMILES string of the molecule is CCCCCC(=O)Oc1ccc(C[C@H](NCC(C)OC(=O)OC(C)C(C)C)C(=O)O)cc1OC(=O)CCCCC. The molecular formula is C30H47NO9. The smallest absolute Gasteiger partial charge is 0.480 e. The van der Waals surface area contributed by atoms with Gasteiger partial charge in [-0.1, -0.05) is 59.4 Å². The van der Waals surface area contributed by atoms with Crippen molar-refractivity contribution in [2.45, 2.75) is 118 Å². The molecule has 0 aliphatic heterocycles. The first-order chi connectivity index (χ1) is 19.0. The number of hydrogen-bond donors (Lipinski definition) is 2. The quantitative estimate of drug-likeness (QED) is 0.120. The molecule has 10 heteroatoms. The van der Waals surface area contributed by atoms with Crippen LogP contribution in [-0.2, 0) is 30.3 Å². The Balaban J connectivity index is 2.92. The molecule has 1 aromatic carbocycles. The largest absolute Gasteiger partial charge is 0.508 e. The summed E-state index contributed by atoms with van der Waals surface area (Å²) in [5, 5.41) is 12.7. The van der Waals surface area contributed by atoms with E-state index in [0.29, 0.717) is 18.4 Å². The Labute approximate surface area is 238 Å². The lowest BCUT2D eigenvalue weighted by Gasteiger charge is -2.21. The molecule has 0 heterocycles. The molecule has 2 N–H and O–H groups in total. The van der Waals surface area contributed by atoms with Crippen LogP contribution in [0.25, 0.3) is 0 Å². The van der Waals surface area contributed by atoms with Gasteiger partial charge in [0.15, 0.2) is 11.5 Å². The van der Waals surface area contributed by atoms with Crippen LogP contribution in [0.1, 0.15) is 98.5 Å². The fourth-order valence-corrected chi connectivity index (χ4v) is 3.54. The maximum absolute atomic E-state index is 12.4. The second kappa shape index (κ2) is 19.0. The van der Waals surface area contributed by atoms with E-state index in [1.807, 2.05) is 27.7 Å². The van der Waals surface area contributed by atoms with Crippen molar-refractivity contribution in [2.75, 3.05) is 6.54 Å². The highest BCUT2D eigenvalue weighted by Gasteiger charge is 2.23. The van der Waals surface area contributed by atoms with E-state index in [1.165, 1.54) is 12.1 Å². The van der Waals surface area contributed by atoms with Crippen molar-refractivity contribution in [3.8, 4) is 11.5 Å². The summed E-state index contributed by atoms with van der Waals surface area (Å²) < 4.78 is 21.4. The zero-order valence-electron chi connectivity index (χ0n) is 24.8. The molecule has 1 aromatic rings. The topological polar surface area (TPSA) is 137 Å². The van der Waals surface area contributed by atoms with E-state index >= 15 is 0 Å². The molecule has 0 radical (unpaired) electrons. The molecule has 0 aromatic heterocycles. The van der Waals surface area contributed by atoms with Crippen molar-refractivity contribution in [2.24, 2.45) is 5.92 Å². The summed E-state index contributed by atoms with van der Waals surface area (Å²) >= 11 is 0. The average molecular weight is 566 g/mol. The second-order valence-electron chi connectivity index (χ2n) is 10.4. The van der Waals surface area contributed by atoms with Gasteiger partial charge in [0.1, 0.15) is 18.2 Å². The molecule has 10 nitrogen and oxygen atoms in total. The number of aliphatic carboxylic acids is 1. The van der Waals surface area contributed by atoms with Crippen molar-refractivity contribution in [1.82, 2.24) is 5.32 Å². The van der Waals surface area contributed by atoms with Gasteiger partial charge in [-0.2, -0.15) is 0 Å². The van der Waals surface area contributed by atoms with Crippen LogP contribution in [0.15, 0.2) is 18.2 Å². The van der Waals surface area contributed by atoms with Gasteiger partial charge in [-0.25, -0.2) is 4.79 Å². The molecule has 0 aliphatic carbocycles. The van der Waals surface area contributed by atoms with Crippen molar-refractivity contribution in [1.29, 1.82) is 0 Å². The molecule has 3 atom stereocenters. The maximum Gasteiger partial charge on any atom is 0.508 e. The molecule has 0 saturated carbocycles. The van der Waals surface area contributed by atoms with E-state index in [4.69, 9.17) is 18.9 Å². The Hall–Kier alpha value is -3.14. The summed E-state index contributed by atoms with van der Waals surface area (Å²) in [7, 11) is 0. The Morgan fingerprint density at radius 1 is 0.825 bits per heavy atom. The zero-order valence-corrected chi connectivity index (χ0v) is 24.8. The first kappa shape index (κ1) is 34.9. The Bertz CT molecular complexity index is 947. The van der Waals surface area contributed by atoms with Gasteiger partial charge in [0.05, 0.1) is 0 Å². The third-order valence-corrected chi connectivity index (χ3v) is 6.33. The number of hydrogen-bond acceptors (Lipinski definition) is 9. The average Bonchev–Trinajstić information content (AvgIpc) is 2.87. The molecule has 2 unspecified atom stereocenters. The van der Waals surface area contributed by atoms with Crippen molar-refractivity contribution in [3.05, 3.63) is 23.8 Å². The van der Waals surface area contributed by atoms with Gasteiger partial charge in [-0.05, 0) is 56.7 Å². The lowest BCUT2D eigenvalue weighted by atomic mass is 10.0. The minimum absolute atomic E-state index is 0.0436. The fourth-order valence-electron chi connectivity index (χ4n) is 3.54. The second-order valence-corrected chi connectivity index (χ2v) is 10.4. The first-order valence-electron chi connectivity index (χ1n) is 14.3. The number of carbonyl (C=O) groups is 4. The summed E-state index contributed by atoms with van der Waals surface area (Å²) in [4.78, 5) is 48.7. The van der Waals surface area contributed by atoms with Gasteiger partial charge in [0.2, 0.25) is 0 Å². The summed E-state index contributed by atoms with van der Waals surface area (Å²) in [5.41, 5.74) is 0.556. The lowest BCUT2D eigenvalue weighted by Crippen LogP contribution is -2.43. The minimum atomic E-state index is -1.10. The molecule has 0 spiro atoms. The number of ether oxygens (including phenoxy) is 4. The Morgan fingerprint density at radius 3 is 1.93 bits per heavy atom. The van der Waals surface area contributed by atoms with Gasteiger partial charge in [-0.3, -0.25) is 14.4 Å². The highest BCUT2D eigenvalue weighted by Crippen LogP contribution is 2.30. The maximum atomic E-state index is 12.4. The highest BCUT2D eigenvalue weighted by molar-refractivity contribution is 5.77. The number of carboxylic acid groups (broad SMARTS) is 1. The monoisotopic (exact) mass is 565 g/mol. The number of nitrogens with one attached hydrogen (secondary N) is 1. The van der Waals surface area contributed by atoms with Gasteiger partial charge in [-0.15, -0.1) is 0 Å². The molecule has 1 rings (SSSR count). The molecule has 226 valence electrons. The molecule has 0 aliphatic rings. The highest BCUT2D eigenvalue weighted by atomic mass is 16.7. The third-order valence-electron chi connectivity index (χ3n) is 6.33. The summed E-state index contributed by atoms with van der Waals surface area (Å²) in [5.74, 6) is -1.66. The molecule has 0 amide bonds. The molecule has 0 saturated heterocycles. The van der Waals surface area contributed by atoms with E-state index in [-0.39, 0.29) is 49.3 Å². The number of carbonyl (C=O) groups excluding carboxylic acids is 3. The number of esters is 2. The molecular weight excluding hydrogens is 518 g/mol. The van der Waals surface area contributed by atoms with Crippen LogP contribution in [0.2, 0.25) is 0 Å². The van der Waals surface area contributed by atoms with E-state index in [2.05, 4.69) is 5.32 Å². The van der Waals surface area contributed by atoms with Crippen molar-refractivity contribution < 1.29 is 43.2 Å².